The molecular formula is C21H20N2O4. The number of fused-ring (bicyclic) bond motifs is 1. The van der Waals surface area contributed by atoms with E-state index < -0.39 is 4.92 Å². The van der Waals surface area contributed by atoms with Crippen LogP contribution in [0.1, 0.15) is 18.5 Å². The van der Waals surface area contributed by atoms with Crippen LogP contribution in [-0.4, -0.2) is 29.4 Å². The normalized spacial score (nSPS) is 11.8. The van der Waals surface area contributed by atoms with Crippen LogP contribution in [0.25, 0.3) is 10.8 Å². The lowest BCUT2D eigenvalue weighted by molar-refractivity contribution is -0.384. The summed E-state index contributed by atoms with van der Waals surface area (Å²) < 4.78 is 5.65. The number of ether oxygens (including phenoxy) is 1. The van der Waals surface area contributed by atoms with E-state index in [-0.39, 0.29) is 24.2 Å². The van der Waals surface area contributed by atoms with Crippen LogP contribution >= 0.6 is 0 Å². The van der Waals surface area contributed by atoms with Crippen molar-refractivity contribution < 1.29 is 14.5 Å². The highest BCUT2D eigenvalue weighted by Gasteiger charge is 2.19. The van der Waals surface area contributed by atoms with E-state index in [1.54, 1.807) is 19.2 Å². The van der Waals surface area contributed by atoms with Gasteiger partial charge in [0.1, 0.15) is 5.75 Å². The summed E-state index contributed by atoms with van der Waals surface area (Å²) in [6.45, 7) is 1.72. The molecule has 1 amide bonds. The standard InChI is InChI=1S/C21H20N2O4/c1-15(17-8-5-9-19(12-17)23(25)26)22(2)21(24)14-27-20-11-10-16-6-3-4-7-18(16)13-20/h3-13,15H,14H2,1-2H3/t15-/m1/s1. The summed E-state index contributed by atoms with van der Waals surface area (Å²) in [6, 6.07) is 19.6. The highest BCUT2D eigenvalue weighted by atomic mass is 16.6. The zero-order valence-corrected chi connectivity index (χ0v) is 15.2. The zero-order valence-electron chi connectivity index (χ0n) is 15.2. The lowest BCUT2D eigenvalue weighted by atomic mass is 10.1. The van der Waals surface area contributed by atoms with Crippen molar-refractivity contribution in [2.45, 2.75) is 13.0 Å². The van der Waals surface area contributed by atoms with Gasteiger partial charge in [0.25, 0.3) is 11.6 Å². The molecule has 138 valence electrons. The van der Waals surface area contributed by atoms with Crippen LogP contribution in [0.5, 0.6) is 5.75 Å². The fraction of sp³-hybridized carbons (Fsp3) is 0.190. The first-order chi connectivity index (χ1) is 13.0. The van der Waals surface area contributed by atoms with E-state index in [2.05, 4.69) is 0 Å². The number of nitro groups is 1. The van der Waals surface area contributed by atoms with Gasteiger partial charge in [-0.1, -0.05) is 42.5 Å². The molecule has 0 radical (unpaired) electrons. The molecule has 0 aliphatic carbocycles. The Morgan fingerprint density at radius 2 is 1.81 bits per heavy atom. The second kappa shape index (κ2) is 7.86. The number of rotatable bonds is 6. The SMILES string of the molecule is C[C@H](c1cccc([N+](=O)[O-])c1)N(C)C(=O)COc1ccc2ccccc2c1. The largest absolute Gasteiger partial charge is 0.484 e. The molecule has 1 atom stereocenters. The van der Waals surface area contributed by atoms with Crippen LogP contribution in [-0.2, 0) is 4.79 Å². The second-order valence-corrected chi connectivity index (χ2v) is 6.33. The molecule has 3 aromatic carbocycles. The molecule has 0 fully saturated rings. The Morgan fingerprint density at radius 1 is 1.07 bits per heavy atom. The Kier molecular flexibility index (Phi) is 5.35. The Bertz CT molecular complexity index is 987. The van der Waals surface area contributed by atoms with E-state index in [0.717, 1.165) is 10.8 Å². The zero-order chi connectivity index (χ0) is 19.4. The lowest BCUT2D eigenvalue weighted by Crippen LogP contribution is -2.33. The summed E-state index contributed by atoms with van der Waals surface area (Å²) >= 11 is 0. The van der Waals surface area contributed by atoms with Crippen molar-refractivity contribution in [1.82, 2.24) is 4.90 Å². The van der Waals surface area contributed by atoms with Crippen molar-refractivity contribution in [1.29, 1.82) is 0 Å². The number of likely N-dealkylation sites (N-methyl/N-ethyl adjacent to an activating group) is 1. The van der Waals surface area contributed by atoms with E-state index in [4.69, 9.17) is 4.74 Å². The second-order valence-electron chi connectivity index (χ2n) is 6.33. The maximum atomic E-state index is 12.5. The quantitative estimate of drug-likeness (QED) is 0.482. The number of benzene rings is 3. The average Bonchev–Trinajstić information content (AvgIpc) is 2.70. The maximum absolute atomic E-state index is 12.5. The summed E-state index contributed by atoms with van der Waals surface area (Å²) in [6.07, 6.45) is 0. The van der Waals surface area contributed by atoms with Gasteiger partial charge in [-0.05, 0) is 35.4 Å². The van der Waals surface area contributed by atoms with Crippen LogP contribution in [0.2, 0.25) is 0 Å². The van der Waals surface area contributed by atoms with Gasteiger partial charge in [0, 0.05) is 19.2 Å². The smallest absolute Gasteiger partial charge is 0.269 e. The number of non-ortho nitro benzene ring substituents is 1. The summed E-state index contributed by atoms with van der Waals surface area (Å²) in [5.74, 6) is 0.417. The fourth-order valence-electron chi connectivity index (χ4n) is 2.84. The van der Waals surface area contributed by atoms with Crippen molar-refractivity contribution in [3.05, 3.63) is 82.4 Å². The van der Waals surface area contributed by atoms with Gasteiger partial charge >= 0.3 is 0 Å². The van der Waals surface area contributed by atoms with Gasteiger partial charge < -0.3 is 9.64 Å². The minimum atomic E-state index is -0.444. The summed E-state index contributed by atoms with van der Waals surface area (Å²) in [5, 5.41) is 13.1. The Balaban J connectivity index is 1.65. The highest BCUT2D eigenvalue weighted by molar-refractivity contribution is 5.84. The molecule has 6 nitrogen and oxygen atoms in total. The lowest BCUT2D eigenvalue weighted by Gasteiger charge is -2.25. The summed E-state index contributed by atoms with van der Waals surface area (Å²) in [5.41, 5.74) is 0.707. The number of nitro benzene ring substituents is 1. The monoisotopic (exact) mass is 364 g/mol. The Morgan fingerprint density at radius 3 is 2.56 bits per heavy atom. The molecule has 0 unspecified atom stereocenters. The molecule has 0 spiro atoms. The molecular weight excluding hydrogens is 344 g/mol. The van der Waals surface area contributed by atoms with Crippen LogP contribution in [0.15, 0.2) is 66.7 Å². The van der Waals surface area contributed by atoms with Crippen molar-refractivity contribution in [3.63, 3.8) is 0 Å². The first kappa shape index (κ1) is 18.4. The van der Waals surface area contributed by atoms with E-state index in [0.29, 0.717) is 11.3 Å². The van der Waals surface area contributed by atoms with Gasteiger partial charge in [-0.25, -0.2) is 0 Å². The van der Waals surface area contributed by atoms with Gasteiger partial charge in [-0.3, -0.25) is 14.9 Å². The molecule has 0 aromatic heterocycles. The predicted octanol–water partition coefficient (Wildman–Crippen LogP) is 4.35. The molecule has 0 bridgehead atoms. The average molecular weight is 364 g/mol. The number of hydrogen-bond acceptors (Lipinski definition) is 4. The van der Waals surface area contributed by atoms with Crippen LogP contribution in [0, 0.1) is 10.1 Å². The first-order valence-corrected chi connectivity index (χ1v) is 8.57. The number of carbonyl (C=O) groups is 1. The molecule has 0 aliphatic heterocycles. The predicted molar refractivity (Wildman–Crippen MR) is 104 cm³/mol. The van der Waals surface area contributed by atoms with E-state index in [1.807, 2.05) is 49.4 Å². The number of amides is 1. The van der Waals surface area contributed by atoms with Gasteiger partial charge in [0.2, 0.25) is 0 Å². The topological polar surface area (TPSA) is 72.7 Å². The molecule has 3 aromatic rings. The molecule has 0 N–H and O–H groups in total. The third kappa shape index (κ3) is 4.23. The molecule has 27 heavy (non-hydrogen) atoms. The van der Waals surface area contributed by atoms with Gasteiger partial charge in [-0.2, -0.15) is 0 Å². The van der Waals surface area contributed by atoms with Crippen molar-refractivity contribution >= 4 is 22.4 Å². The number of hydrogen-bond donors (Lipinski definition) is 0. The first-order valence-electron chi connectivity index (χ1n) is 8.57. The molecule has 6 heteroatoms. The van der Waals surface area contributed by atoms with E-state index in [1.165, 1.54) is 17.0 Å². The minimum absolute atomic E-state index is 0.00705. The number of nitrogens with zero attached hydrogens (tertiary/aromatic N) is 2. The molecule has 0 aliphatic rings. The van der Waals surface area contributed by atoms with Gasteiger partial charge in [0.15, 0.2) is 6.61 Å². The maximum Gasteiger partial charge on any atom is 0.269 e. The van der Waals surface area contributed by atoms with E-state index >= 15 is 0 Å². The fourth-order valence-corrected chi connectivity index (χ4v) is 2.84. The van der Waals surface area contributed by atoms with Crippen LogP contribution in [0.4, 0.5) is 5.69 Å². The van der Waals surface area contributed by atoms with Crippen molar-refractivity contribution in [2.24, 2.45) is 0 Å². The van der Waals surface area contributed by atoms with Crippen molar-refractivity contribution in [3.8, 4) is 5.75 Å². The Hall–Kier alpha value is -3.41. The van der Waals surface area contributed by atoms with Crippen LogP contribution < -0.4 is 4.74 Å². The van der Waals surface area contributed by atoms with Gasteiger partial charge in [0.05, 0.1) is 11.0 Å². The third-order valence-corrected chi connectivity index (χ3v) is 4.62. The summed E-state index contributed by atoms with van der Waals surface area (Å²) in [4.78, 5) is 24.5. The highest BCUT2D eigenvalue weighted by Crippen LogP contribution is 2.24. The number of carbonyl (C=O) groups excluding carboxylic acids is 1. The minimum Gasteiger partial charge on any atom is -0.484 e. The molecule has 0 heterocycles. The third-order valence-electron chi connectivity index (χ3n) is 4.62. The molecule has 0 saturated carbocycles. The van der Waals surface area contributed by atoms with E-state index in [9.17, 15) is 14.9 Å². The van der Waals surface area contributed by atoms with Crippen molar-refractivity contribution in [2.75, 3.05) is 13.7 Å². The van der Waals surface area contributed by atoms with Gasteiger partial charge in [-0.15, -0.1) is 0 Å². The molecule has 0 saturated heterocycles. The Labute approximate surface area is 157 Å². The van der Waals surface area contributed by atoms with Crippen LogP contribution in [0.3, 0.4) is 0 Å². The molecule has 3 rings (SSSR count). The summed E-state index contributed by atoms with van der Waals surface area (Å²) in [7, 11) is 1.66.